The number of ether oxygens (including phenoxy) is 1. The molecule has 0 aromatic heterocycles. The Balaban J connectivity index is 1.90. The van der Waals surface area contributed by atoms with Gasteiger partial charge in [-0.25, -0.2) is 4.79 Å². The van der Waals surface area contributed by atoms with Gasteiger partial charge in [0, 0.05) is 19.6 Å². The lowest BCUT2D eigenvalue weighted by Crippen LogP contribution is -2.59. The molecule has 0 aromatic carbocycles. The first kappa shape index (κ1) is 13.6. The number of hydrogen-bond donors (Lipinski definition) is 2. The van der Waals surface area contributed by atoms with Gasteiger partial charge in [-0.15, -0.1) is 0 Å². The molecule has 0 radical (unpaired) electrons. The molecule has 5 nitrogen and oxygen atoms in total. The van der Waals surface area contributed by atoms with E-state index in [-0.39, 0.29) is 11.6 Å². The summed E-state index contributed by atoms with van der Waals surface area (Å²) < 4.78 is 5.26. The minimum absolute atomic E-state index is 0.0262. The van der Waals surface area contributed by atoms with E-state index in [9.17, 15) is 4.79 Å². The van der Waals surface area contributed by atoms with Crippen molar-refractivity contribution in [3.63, 3.8) is 0 Å². The van der Waals surface area contributed by atoms with Crippen molar-refractivity contribution in [2.45, 2.75) is 38.1 Å². The van der Waals surface area contributed by atoms with Crippen molar-refractivity contribution in [2.24, 2.45) is 11.7 Å². The van der Waals surface area contributed by atoms with Crippen LogP contribution >= 0.6 is 0 Å². The minimum Gasteiger partial charge on any atom is -0.378 e. The van der Waals surface area contributed by atoms with Crippen LogP contribution in [0.25, 0.3) is 0 Å². The van der Waals surface area contributed by atoms with Crippen LogP contribution in [0.3, 0.4) is 0 Å². The third-order valence-electron chi connectivity index (χ3n) is 4.29. The quantitative estimate of drug-likeness (QED) is 0.771. The number of morpholine rings is 1. The Kier molecular flexibility index (Phi) is 4.45. The van der Waals surface area contributed by atoms with E-state index in [0.717, 1.165) is 31.6 Å². The highest BCUT2D eigenvalue weighted by molar-refractivity contribution is 5.75. The molecule has 0 atom stereocenters. The molecular formula is C13H25N3O2. The molecule has 104 valence electrons. The summed E-state index contributed by atoms with van der Waals surface area (Å²) >= 11 is 0. The van der Waals surface area contributed by atoms with Crippen molar-refractivity contribution in [3.8, 4) is 0 Å². The number of nitrogens with one attached hydrogen (secondary N) is 1. The van der Waals surface area contributed by atoms with Gasteiger partial charge in [-0.05, 0) is 31.6 Å². The molecule has 5 heteroatoms. The maximum atomic E-state index is 12.2. The van der Waals surface area contributed by atoms with E-state index < -0.39 is 0 Å². The highest BCUT2D eigenvalue weighted by Crippen LogP contribution is 2.31. The molecule has 1 saturated carbocycles. The largest absolute Gasteiger partial charge is 0.378 e. The summed E-state index contributed by atoms with van der Waals surface area (Å²) in [6, 6.07) is 0.0262. The predicted molar refractivity (Wildman–Crippen MR) is 70.3 cm³/mol. The monoisotopic (exact) mass is 255 g/mol. The topological polar surface area (TPSA) is 67.6 Å². The van der Waals surface area contributed by atoms with Gasteiger partial charge in [0.25, 0.3) is 0 Å². The third-order valence-corrected chi connectivity index (χ3v) is 4.29. The van der Waals surface area contributed by atoms with Gasteiger partial charge in [-0.3, -0.25) is 0 Å². The SMILES string of the molecule is CC1CCC(CN)(NC(=O)N2CCOCC2)CC1. The maximum absolute atomic E-state index is 12.2. The molecular weight excluding hydrogens is 230 g/mol. The number of nitrogens with two attached hydrogens (primary N) is 1. The van der Waals surface area contributed by atoms with Crippen LogP contribution in [0.5, 0.6) is 0 Å². The number of carbonyl (C=O) groups is 1. The zero-order valence-electron chi connectivity index (χ0n) is 11.3. The van der Waals surface area contributed by atoms with E-state index in [2.05, 4.69) is 12.2 Å². The molecule has 2 amide bonds. The van der Waals surface area contributed by atoms with Gasteiger partial charge >= 0.3 is 6.03 Å². The summed E-state index contributed by atoms with van der Waals surface area (Å²) in [5.41, 5.74) is 5.72. The molecule has 1 aliphatic heterocycles. The average Bonchev–Trinajstić information content (AvgIpc) is 2.43. The molecule has 1 heterocycles. The molecule has 18 heavy (non-hydrogen) atoms. The highest BCUT2D eigenvalue weighted by Gasteiger charge is 2.35. The van der Waals surface area contributed by atoms with Crippen LogP contribution in [-0.4, -0.2) is 49.3 Å². The van der Waals surface area contributed by atoms with Crippen molar-refractivity contribution < 1.29 is 9.53 Å². The summed E-state index contributed by atoms with van der Waals surface area (Å²) in [5, 5.41) is 3.18. The minimum atomic E-state index is -0.179. The summed E-state index contributed by atoms with van der Waals surface area (Å²) in [6.45, 7) is 5.45. The van der Waals surface area contributed by atoms with E-state index in [1.807, 2.05) is 4.90 Å². The summed E-state index contributed by atoms with van der Waals surface area (Å²) in [4.78, 5) is 14.0. The molecule has 2 aliphatic rings. The van der Waals surface area contributed by atoms with Gasteiger partial charge in [0.05, 0.1) is 18.8 Å². The molecule has 2 rings (SSSR count). The van der Waals surface area contributed by atoms with Crippen LogP contribution in [0.15, 0.2) is 0 Å². The fraction of sp³-hybridized carbons (Fsp3) is 0.923. The lowest BCUT2D eigenvalue weighted by molar-refractivity contribution is 0.0495. The van der Waals surface area contributed by atoms with Gasteiger partial charge in [-0.1, -0.05) is 6.92 Å². The standard InChI is InChI=1S/C13H25N3O2/c1-11-2-4-13(10-14,5-3-11)15-12(17)16-6-8-18-9-7-16/h11H,2-10,14H2,1H3,(H,15,17). The lowest BCUT2D eigenvalue weighted by atomic mass is 9.77. The van der Waals surface area contributed by atoms with Gasteiger partial charge in [-0.2, -0.15) is 0 Å². The number of nitrogens with zero attached hydrogens (tertiary/aromatic N) is 1. The Hall–Kier alpha value is -0.810. The van der Waals surface area contributed by atoms with Crippen molar-refractivity contribution in [2.75, 3.05) is 32.8 Å². The number of hydrogen-bond acceptors (Lipinski definition) is 3. The van der Waals surface area contributed by atoms with E-state index in [1.165, 1.54) is 0 Å². The average molecular weight is 255 g/mol. The zero-order chi connectivity index (χ0) is 13.0. The lowest BCUT2D eigenvalue weighted by Gasteiger charge is -2.41. The first-order valence-electron chi connectivity index (χ1n) is 7.00. The van der Waals surface area contributed by atoms with Crippen LogP contribution in [0.1, 0.15) is 32.6 Å². The first-order chi connectivity index (χ1) is 8.65. The van der Waals surface area contributed by atoms with Crippen molar-refractivity contribution in [3.05, 3.63) is 0 Å². The van der Waals surface area contributed by atoms with Crippen LogP contribution in [0, 0.1) is 5.92 Å². The molecule has 0 spiro atoms. The Labute approximate surface area is 109 Å². The molecule has 1 saturated heterocycles. The number of carbonyl (C=O) groups excluding carboxylic acids is 1. The molecule has 0 aromatic rings. The molecule has 0 unspecified atom stereocenters. The normalized spacial score (nSPS) is 33.2. The second kappa shape index (κ2) is 5.89. The third kappa shape index (κ3) is 3.14. The van der Waals surface area contributed by atoms with Crippen LogP contribution in [0.2, 0.25) is 0 Å². The van der Waals surface area contributed by atoms with E-state index in [0.29, 0.717) is 32.8 Å². The first-order valence-corrected chi connectivity index (χ1v) is 7.00. The number of urea groups is 1. The van der Waals surface area contributed by atoms with Crippen molar-refractivity contribution in [1.29, 1.82) is 0 Å². The summed E-state index contributed by atoms with van der Waals surface area (Å²) in [7, 11) is 0. The summed E-state index contributed by atoms with van der Waals surface area (Å²) in [5.74, 6) is 0.755. The van der Waals surface area contributed by atoms with Crippen molar-refractivity contribution in [1.82, 2.24) is 10.2 Å². The fourth-order valence-electron chi connectivity index (χ4n) is 2.77. The highest BCUT2D eigenvalue weighted by atomic mass is 16.5. The van der Waals surface area contributed by atoms with E-state index >= 15 is 0 Å². The zero-order valence-corrected chi connectivity index (χ0v) is 11.3. The Bertz CT molecular complexity index is 282. The molecule has 0 bridgehead atoms. The van der Waals surface area contributed by atoms with Crippen LogP contribution in [-0.2, 0) is 4.74 Å². The second-order valence-electron chi connectivity index (χ2n) is 5.70. The second-order valence-corrected chi connectivity index (χ2v) is 5.70. The van der Waals surface area contributed by atoms with E-state index in [1.54, 1.807) is 0 Å². The van der Waals surface area contributed by atoms with Gasteiger partial charge in [0.15, 0.2) is 0 Å². The predicted octanol–water partition coefficient (Wildman–Crippen LogP) is 0.936. The Morgan fingerprint density at radius 2 is 2.00 bits per heavy atom. The Morgan fingerprint density at radius 3 is 2.56 bits per heavy atom. The van der Waals surface area contributed by atoms with Crippen LogP contribution < -0.4 is 11.1 Å². The van der Waals surface area contributed by atoms with Gasteiger partial charge in [0.1, 0.15) is 0 Å². The fourth-order valence-corrected chi connectivity index (χ4v) is 2.77. The number of rotatable bonds is 2. The summed E-state index contributed by atoms with van der Waals surface area (Å²) in [6.07, 6.45) is 4.31. The molecule has 3 N–H and O–H groups in total. The van der Waals surface area contributed by atoms with E-state index in [4.69, 9.17) is 10.5 Å². The maximum Gasteiger partial charge on any atom is 0.318 e. The Morgan fingerprint density at radius 1 is 1.39 bits per heavy atom. The van der Waals surface area contributed by atoms with Crippen molar-refractivity contribution >= 4 is 6.03 Å². The van der Waals surface area contributed by atoms with Crippen LogP contribution in [0.4, 0.5) is 4.79 Å². The smallest absolute Gasteiger partial charge is 0.318 e. The molecule has 1 aliphatic carbocycles. The molecule has 2 fully saturated rings. The number of amides is 2. The van der Waals surface area contributed by atoms with Gasteiger partial charge in [0.2, 0.25) is 0 Å². The van der Waals surface area contributed by atoms with Gasteiger partial charge < -0.3 is 20.7 Å².